The van der Waals surface area contributed by atoms with Gasteiger partial charge in [0.05, 0.1) is 5.69 Å². The summed E-state index contributed by atoms with van der Waals surface area (Å²) in [5, 5.41) is 3.31. The van der Waals surface area contributed by atoms with Crippen LogP contribution in [0.3, 0.4) is 0 Å². The molecule has 0 aliphatic heterocycles. The lowest BCUT2D eigenvalue weighted by Gasteiger charge is -2.16. The van der Waals surface area contributed by atoms with Crippen molar-refractivity contribution in [2.24, 2.45) is 0 Å². The molecule has 4 heteroatoms. The van der Waals surface area contributed by atoms with E-state index in [9.17, 15) is 0 Å². The second-order valence-corrected chi connectivity index (χ2v) is 6.15. The maximum absolute atomic E-state index is 4.54. The first-order valence-electron chi connectivity index (χ1n) is 7.25. The zero-order valence-electron chi connectivity index (χ0n) is 12.6. The van der Waals surface area contributed by atoms with Crippen molar-refractivity contribution in [2.45, 2.75) is 26.6 Å². The van der Waals surface area contributed by atoms with E-state index in [0.29, 0.717) is 0 Å². The summed E-state index contributed by atoms with van der Waals surface area (Å²) in [5.41, 5.74) is 3.65. The van der Waals surface area contributed by atoms with Crippen molar-refractivity contribution in [3.05, 3.63) is 63.9 Å². The van der Waals surface area contributed by atoms with Crippen LogP contribution < -0.4 is 5.32 Å². The van der Waals surface area contributed by atoms with Crippen molar-refractivity contribution in [3.8, 4) is 0 Å². The van der Waals surface area contributed by atoms with E-state index in [0.717, 1.165) is 36.3 Å². The lowest BCUT2D eigenvalue weighted by Crippen LogP contribution is -2.18. The molecule has 0 amide bonds. The molecular formula is C17H22BrN3. The molecule has 0 radical (unpaired) electrons. The minimum atomic E-state index is 0.859. The quantitative estimate of drug-likeness (QED) is 0.829. The van der Waals surface area contributed by atoms with Gasteiger partial charge in [-0.3, -0.25) is 9.88 Å². The van der Waals surface area contributed by atoms with Gasteiger partial charge in [-0.15, -0.1) is 0 Å². The highest BCUT2D eigenvalue weighted by Gasteiger charge is 2.03. The average Bonchev–Trinajstić information content (AvgIpc) is 2.49. The van der Waals surface area contributed by atoms with Gasteiger partial charge in [-0.1, -0.05) is 41.1 Å². The van der Waals surface area contributed by atoms with Crippen LogP contribution in [0.2, 0.25) is 0 Å². The summed E-state index contributed by atoms with van der Waals surface area (Å²) in [7, 11) is 2.12. The minimum absolute atomic E-state index is 0.859. The number of rotatable bonds is 7. The summed E-state index contributed by atoms with van der Waals surface area (Å²) in [6.07, 6.45) is 1.96. The van der Waals surface area contributed by atoms with Crippen LogP contribution in [0.4, 0.5) is 0 Å². The van der Waals surface area contributed by atoms with Crippen LogP contribution in [-0.2, 0) is 19.6 Å². The molecule has 2 rings (SSSR count). The van der Waals surface area contributed by atoms with Gasteiger partial charge in [-0.05, 0) is 42.9 Å². The summed E-state index contributed by atoms with van der Waals surface area (Å²) in [6.45, 7) is 5.76. The Morgan fingerprint density at radius 2 is 1.76 bits per heavy atom. The van der Waals surface area contributed by atoms with Gasteiger partial charge in [0.1, 0.15) is 0 Å². The highest BCUT2D eigenvalue weighted by atomic mass is 79.9. The molecule has 0 bridgehead atoms. The predicted molar refractivity (Wildman–Crippen MR) is 90.9 cm³/mol. The van der Waals surface area contributed by atoms with Crippen LogP contribution in [0.25, 0.3) is 0 Å². The molecule has 112 valence electrons. The fourth-order valence-corrected chi connectivity index (χ4v) is 2.42. The molecule has 0 atom stereocenters. The molecule has 1 aromatic carbocycles. The second kappa shape index (κ2) is 8.27. The molecule has 21 heavy (non-hydrogen) atoms. The number of halogens is 1. The smallest absolute Gasteiger partial charge is 0.0544 e. The number of benzene rings is 1. The van der Waals surface area contributed by atoms with Crippen LogP contribution in [0.15, 0.2) is 47.1 Å². The maximum atomic E-state index is 4.54. The number of hydrogen-bond acceptors (Lipinski definition) is 3. The van der Waals surface area contributed by atoms with E-state index < -0.39 is 0 Å². The normalized spacial score (nSPS) is 11.0. The van der Waals surface area contributed by atoms with Crippen molar-refractivity contribution in [1.82, 2.24) is 15.2 Å². The Labute approximate surface area is 135 Å². The summed E-state index contributed by atoms with van der Waals surface area (Å²) in [4.78, 5) is 6.81. The third-order valence-electron chi connectivity index (χ3n) is 3.26. The molecule has 0 saturated carbocycles. The first kappa shape index (κ1) is 16.1. The number of aromatic nitrogens is 1. The van der Waals surface area contributed by atoms with E-state index in [4.69, 9.17) is 0 Å². The maximum Gasteiger partial charge on any atom is 0.0544 e. The van der Waals surface area contributed by atoms with Gasteiger partial charge in [-0.2, -0.15) is 0 Å². The number of nitrogens with one attached hydrogen (secondary N) is 1. The van der Waals surface area contributed by atoms with Gasteiger partial charge >= 0.3 is 0 Å². The van der Waals surface area contributed by atoms with Crippen LogP contribution in [0.5, 0.6) is 0 Å². The summed E-state index contributed by atoms with van der Waals surface area (Å²) >= 11 is 3.46. The van der Waals surface area contributed by atoms with Crippen molar-refractivity contribution in [3.63, 3.8) is 0 Å². The highest BCUT2D eigenvalue weighted by Crippen LogP contribution is 2.12. The van der Waals surface area contributed by atoms with Gasteiger partial charge in [-0.25, -0.2) is 0 Å². The van der Waals surface area contributed by atoms with Crippen LogP contribution in [0, 0.1) is 0 Å². The Hall–Kier alpha value is -1.23. The average molecular weight is 348 g/mol. The van der Waals surface area contributed by atoms with Gasteiger partial charge < -0.3 is 5.32 Å². The van der Waals surface area contributed by atoms with Crippen LogP contribution in [-0.4, -0.2) is 23.5 Å². The Morgan fingerprint density at radius 1 is 1.05 bits per heavy atom. The first-order chi connectivity index (χ1) is 10.2. The van der Waals surface area contributed by atoms with Crippen molar-refractivity contribution in [2.75, 3.05) is 13.6 Å². The van der Waals surface area contributed by atoms with E-state index in [1.54, 1.807) is 0 Å². The van der Waals surface area contributed by atoms with Gasteiger partial charge in [0, 0.05) is 30.3 Å². The highest BCUT2D eigenvalue weighted by molar-refractivity contribution is 9.10. The first-order valence-corrected chi connectivity index (χ1v) is 8.04. The van der Waals surface area contributed by atoms with Gasteiger partial charge in [0.25, 0.3) is 0 Å². The lowest BCUT2D eigenvalue weighted by atomic mass is 10.2. The van der Waals surface area contributed by atoms with Crippen LogP contribution in [0.1, 0.15) is 23.7 Å². The van der Waals surface area contributed by atoms with Crippen molar-refractivity contribution in [1.29, 1.82) is 0 Å². The number of hydrogen-bond donors (Lipinski definition) is 1. The number of nitrogens with zero attached hydrogens (tertiary/aromatic N) is 2. The van der Waals surface area contributed by atoms with Gasteiger partial charge in [0.15, 0.2) is 0 Å². The zero-order valence-corrected chi connectivity index (χ0v) is 14.2. The molecule has 0 saturated heterocycles. The largest absolute Gasteiger partial charge is 0.313 e. The molecule has 1 N–H and O–H groups in total. The summed E-state index contributed by atoms with van der Waals surface area (Å²) < 4.78 is 1.12. The molecule has 3 nitrogen and oxygen atoms in total. The topological polar surface area (TPSA) is 28.2 Å². The zero-order chi connectivity index (χ0) is 15.1. The van der Waals surface area contributed by atoms with Crippen molar-refractivity contribution >= 4 is 15.9 Å². The predicted octanol–water partition coefficient (Wildman–Crippen LogP) is 3.59. The molecule has 0 unspecified atom stereocenters. The standard InChI is InChI=1S/C17H22BrN3/c1-3-19-10-15-6-9-17(20-11-15)13-21(2)12-14-4-7-16(18)8-5-14/h4-9,11,19H,3,10,12-13H2,1-2H3. The van der Waals surface area contributed by atoms with E-state index in [1.807, 2.05) is 6.20 Å². The molecule has 1 heterocycles. The number of pyridine rings is 1. The Morgan fingerprint density at radius 3 is 2.38 bits per heavy atom. The van der Waals surface area contributed by atoms with Crippen LogP contribution >= 0.6 is 15.9 Å². The summed E-state index contributed by atoms with van der Waals surface area (Å²) in [6, 6.07) is 12.7. The Bertz CT molecular complexity index is 537. The van der Waals surface area contributed by atoms with Crippen molar-refractivity contribution < 1.29 is 0 Å². The summed E-state index contributed by atoms with van der Waals surface area (Å²) in [5.74, 6) is 0. The lowest BCUT2D eigenvalue weighted by molar-refractivity contribution is 0.315. The van der Waals surface area contributed by atoms with E-state index in [2.05, 4.69) is 81.5 Å². The molecule has 2 aromatic rings. The Balaban J connectivity index is 1.87. The SMILES string of the molecule is CCNCc1ccc(CN(C)Cc2ccc(Br)cc2)nc1. The fraction of sp³-hybridized carbons (Fsp3) is 0.353. The molecule has 0 fully saturated rings. The monoisotopic (exact) mass is 347 g/mol. The molecule has 0 aliphatic rings. The second-order valence-electron chi connectivity index (χ2n) is 5.24. The van der Waals surface area contributed by atoms with E-state index in [1.165, 1.54) is 11.1 Å². The third kappa shape index (κ3) is 5.58. The minimum Gasteiger partial charge on any atom is -0.313 e. The van der Waals surface area contributed by atoms with Gasteiger partial charge in [0.2, 0.25) is 0 Å². The molecule has 0 spiro atoms. The fourth-order valence-electron chi connectivity index (χ4n) is 2.16. The molecule has 0 aliphatic carbocycles. The van der Waals surface area contributed by atoms with E-state index in [-0.39, 0.29) is 0 Å². The molecule has 1 aromatic heterocycles. The van der Waals surface area contributed by atoms with E-state index >= 15 is 0 Å². The molecular weight excluding hydrogens is 326 g/mol. The Kier molecular flexibility index (Phi) is 6.36. The third-order valence-corrected chi connectivity index (χ3v) is 3.79.